The minimum Gasteiger partial charge on any atom is -0.487 e. The molecule has 0 atom stereocenters. The molecule has 0 fully saturated rings. The van der Waals surface area contributed by atoms with Crippen molar-refractivity contribution >= 4 is 11.6 Å². The van der Waals surface area contributed by atoms with Gasteiger partial charge in [-0.25, -0.2) is 0 Å². The summed E-state index contributed by atoms with van der Waals surface area (Å²) in [7, 11) is 0. The fourth-order valence-electron chi connectivity index (χ4n) is 1.85. The highest BCUT2D eigenvalue weighted by atomic mass is 35.5. The summed E-state index contributed by atoms with van der Waals surface area (Å²) in [4.78, 5) is 4.42. The van der Waals surface area contributed by atoms with Gasteiger partial charge < -0.3 is 4.74 Å². The number of para-hydroxylation sites is 1. The number of benzene rings is 1. The molecule has 0 amide bonds. The Morgan fingerprint density at radius 2 is 1.89 bits per heavy atom. The molecule has 3 heteroatoms. The van der Waals surface area contributed by atoms with Gasteiger partial charge >= 0.3 is 0 Å². The van der Waals surface area contributed by atoms with Crippen LogP contribution in [0, 0.1) is 13.8 Å². The summed E-state index contributed by atoms with van der Waals surface area (Å²) < 4.78 is 5.85. The van der Waals surface area contributed by atoms with Crippen LogP contribution in [0.2, 0.25) is 0 Å². The van der Waals surface area contributed by atoms with Crippen LogP contribution >= 0.6 is 11.6 Å². The van der Waals surface area contributed by atoms with Crippen LogP contribution in [0.4, 0.5) is 0 Å². The largest absolute Gasteiger partial charge is 0.487 e. The van der Waals surface area contributed by atoms with Crippen LogP contribution in [0.1, 0.15) is 22.5 Å². The van der Waals surface area contributed by atoms with Gasteiger partial charge in [0.05, 0.1) is 11.6 Å². The van der Waals surface area contributed by atoms with Crippen molar-refractivity contribution in [3.63, 3.8) is 0 Å². The molecule has 18 heavy (non-hydrogen) atoms. The van der Waals surface area contributed by atoms with Gasteiger partial charge in [-0.1, -0.05) is 24.3 Å². The van der Waals surface area contributed by atoms with Crippen LogP contribution in [0.3, 0.4) is 0 Å². The smallest absolute Gasteiger partial charge is 0.130 e. The molecule has 0 saturated carbocycles. The molecule has 0 radical (unpaired) electrons. The summed E-state index contributed by atoms with van der Waals surface area (Å²) in [6, 6.07) is 11.9. The number of nitrogens with zero attached hydrogens (tertiary/aromatic N) is 1. The van der Waals surface area contributed by atoms with Crippen LogP contribution < -0.4 is 4.74 Å². The lowest BCUT2D eigenvalue weighted by atomic mass is 10.1. The number of pyridine rings is 1. The van der Waals surface area contributed by atoms with E-state index in [4.69, 9.17) is 16.3 Å². The fourth-order valence-corrected chi connectivity index (χ4v) is 2.06. The lowest BCUT2D eigenvalue weighted by Gasteiger charge is -2.12. The van der Waals surface area contributed by atoms with Gasteiger partial charge in [-0.2, -0.15) is 0 Å². The highest BCUT2D eigenvalue weighted by Gasteiger charge is 2.06. The topological polar surface area (TPSA) is 22.1 Å². The second-order valence-electron chi connectivity index (χ2n) is 4.26. The maximum atomic E-state index is 5.92. The molecule has 0 aliphatic heterocycles. The van der Waals surface area contributed by atoms with E-state index < -0.39 is 0 Å². The first-order chi connectivity index (χ1) is 8.70. The third-order valence-corrected chi connectivity index (χ3v) is 3.04. The quantitative estimate of drug-likeness (QED) is 0.776. The minimum absolute atomic E-state index is 0.457. The number of aromatic nitrogens is 1. The SMILES string of the molecule is Cc1cccc(COc2c(C)cccc2CCl)n1. The van der Waals surface area contributed by atoms with E-state index in [0.29, 0.717) is 12.5 Å². The van der Waals surface area contributed by atoms with Gasteiger partial charge in [0, 0.05) is 11.3 Å². The fraction of sp³-hybridized carbons (Fsp3) is 0.267. The van der Waals surface area contributed by atoms with Crippen LogP contribution in [0.15, 0.2) is 36.4 Å². The van der Waals surface area contributed by atoms with Crippen LogP contribution in [0.25, 0.3) is 0 Å². The predicted molar refractivity (Wildman–Crippen MR) is 74.0 cm³/mol. The van der Waals surface area contributed by atoms with Crippen LogP contribution in [-0.2, 0) is 12.5 Å². The molecule has 0 N–H and O–H groups in total. The number of hydrogen-bond acceptors (Lipinski definition) is 2. The Hall–Kier alpha value is -1.54. The molecule has 94 valence electrons. The van der Waals surface area contributed by atoms with Crippen LogP contribution in [0.5, 0.6) is 5.75 Å². The van der Waals surface area contributed by atoms with Gasteiger partial charge in [-0.3, -0.25) is 4.98 Å². The average molecular weight is 262 g/mol. The number of alkyl halides is 1. The second-order valence-corrected chi connectivity index (χ2v) is 4.52. The van der Waals surface area contributed by atoms with Gasteiger partial charge in [0.1, 0.15) is 12.4 Å². The van der Waals surface area contributed by atoms with Crippen molar-refractivity contribution in [3.8, 4) is 5.75 Å². The first-order valence-electron chi connectivity index (χ1n) is 5.90. The standard InChI is InChI=1S/C15H16ClNO/c1-11-5-3-7-13(9-16)15(11)18-10-14-8-4-6-12(2)17-14/h3-8H,9-10H2,1-2H3. The van der Waals surface area contributed by atoms with E-state index in [0.717, 1.165) is 28.3 Å². The third-order valence-electron chi connectivity index (χ3n) is 2.75. The number of ether oxygens (including phenoxy) is 1. The Bertz CT molecular complexity index is 540. The Morgan fingerprint density at radius 3 is 2.61 bits per heavy atom. The summed E-state index contributed by atoms with van der Waals surface area (Å²) in [6.45, 7) is 4.47. The Kier molecular flexibility index (Phi) is 4.21. The van der Waals surface area contributed by atoms with Crippen molar-refractivity contribution in [2.24, 2.45) is 0 Å². The zero-order valence-electron chi connectivity index (χ0n) is 10.6. The molecule has 0 saturated heterocycles. The lowest BCUT2D eigenvalue weighted by molar-refractivity contribution is 0.296. The normalized spacial score (nSPS) is 10.4. The van der Waals surface area contributed by atoms with Crippen molar-refractivity contribution in [1.82, 2.24) is 4.98 Å². The third kappa shape index (κ3) is 3.02. The maximum Gasteiger partial charge on any atom is 0.130 e. The molecule has 0 aliphatic carbocycles. The molecule has 1 heterocycles. The summed E-state index contributed by atoms with van der Waals surface area (Å²) in [5, 5.41) is 0. The number of hydrogen-bond donors (Lipinski definition) is 0. The zero-order valence-corrected chi connectivity index (χ0v) is 11.4. The second kappa shape index (κ2) is 5.87. The van der Waals surface area contributed by atoms with Crippen molar-refractivity contribution in [1.29, 1.82) is 0 Å². The first kappa shape index (κ1) is 12.9. The van der Waals surface area contributed by atoms with E-state index in [1.54, 1.807) is 0 Å². The van der Waals surface area contributed by atoms with E-state index in [9.17, 15) is 0 Å². The van der Waals surface area contributed by atoms with Crippen molar-refractivity contribution in [3.05, 3.63) is 58.9 Å². The summed E-state index contributed by atoms with van der Waals surface area (Å²) in [5.74, 6) is 1.33. The molecule has 1 aromatic heterocycles. The minimum atomic E-state index is 0.457. The number of halogens is 1. The van der Waals surface area contributed by atoms with Crippen molar-refractivity contribution in [2.75, 3.05) is 0 Å². The van der Waals surface area contributed by atoms with Gasteiger partial charge in [0.2, 0.25) is 0 Å². The van der Waals surface area contributed by atoms with Gasteiger partial charge in [0.15, 0.2) is 0 Å². The molecule has 2 rings (SSSR count). The van der Waals surface area contributed by atoms with E-state index in [-0.39, 0.29) is 0 Å². The molecule has 1 aromatic carbocycles. The Labute approximate surface area is 113 Å². The van der Waals surface area contributed by atoms with E-state index in [1.807, 2.05) is 50.2 Å². The average Bonchev–Trinajstić information content (AvgIpc) is 2.37. The van der Waals surface area contributed by atoms with Gasteiger partial charge in [-0.15, -0.1) is 11.6 Å². The molecular weight excluding hydrogens is 246 g/mol. The van der Waals surface area contributed by atoms with Gasteiger partial charge in [0.25, 0.3) is 0 Å². The predicted octanol–water partition coefficient (Wildman–Crippen LogP) is 4.02. The first-order valence-corrected chi connectivity index (χ1v) is 6.44. The summed E-state index contributed by atoms with van der Waals surface area (Å²) >= 11 is 5.92. The van der Waals surface area contributed by atoms with Crippen LogP contribution in [-0.4, -0.2) is 4.98 Å². The van der Waals surface area contributed by atoms with Crippen molar-refractivity contribution in [2.45, 2.75) is 26.3 Å². The molecule has 0 aliphatic rings. The van der Waals surface area contributed by atoms with E-state index >= 15 is 0 Å². The maximum absolute atomic E-state index is 5.92. The number of rotatable bonds is 4. The van der Waals surface area contributed by atoms with E-state index in [2.05, 4.69) is 4.98 Å². The highest BCUT2D eigenvalue weighted by molar-refractivity contribution is 6.17. The monoisotopic (exact) mass is 261 g/mol. The summed E-state index contributed by atoms with van der Waals surface area (Å²) in [5.41, 5.74) is 4.04. The molecule has 0 unspecified atom stereocenters. The molecule has 2 aromatic rings. The van der Waals surface area contributed by atoms with Gasteiger partial charge in [-0.05, 0) is 31.5 Å². The van der Waals surface area contributed by atoms with Crippen molar-refractivity contribution < 1.29 is 4.74 Å². The summed E-state index contributed by atoms with van der Waals surface area (Å²) in [6.07, 6.45) is 0. The molecular formula is C15H16ClNO. The highest BCUT2D eigenvalue weighted by Crippen LogP contribution is 2.25. The molecule has 2 nitrogen and oxygen atoms in total. The lowest BCUT2D eigenvalue weighted by Crippen LogP contribution is -2.02. The Balaban J connectivity index is 2.15. The molecule has 0 spiro atoms. The Morgan fingerprint density at radius 1 is 1.11 bits per heavy atom. The zero-order chi connectivity index (χ0) is 13.0. The van der Waals surface area contributed by atoms with E-state index in [1.165, 1.54) is 0 Å². The molecule has 0 bridgehead atoms. The number of aryl methyl sites for hydroxylation is 2.